The van der Waals surface area contributed by atoms with Gasteiger partial charge in [0.1, 0.15) is 11.1 Å². The molecule has 2 unspecified atom stereocenters. The van der Waals surface area contributed by atoms with E-state index >= 15 is 0 Å². The van der Waals surface area contributed by atoms with Crippen LogP contribution in [0.2, 0.25) is 0 Å². The Bertz CT molecular complexity index is 502. The number of carbonyl (C=O) groups excluding carboxylic acids is 1. The van der Waals surface area contributed by atoms with Crippen LogP contribution in [-0.2, 0) is 19.2 Å². The first-order valence-corrected chi connectivity index (χ1v) is 6.83. The predicted octanol–water partition coefficient (Wildman–Crippen LogP) is -0.298. The molecule has 0 radical (unpaired) electrons. The number of amides is 2. The van der Waals surface area contributed by atoms with Crippen molar-refractivity contribution in [3.8, 4) is 0 Å². The van der Waals surface area contributed by atoms with Crippen LogP contribution >= 0.6 is 0 Å². The van der Waals surface area contributed by atoms with Crippen LogP contribution < -0.4 is 10.6 Å². The summed E-state index contributed by atoms with van der Waals surface area (Å²) in [5.74, 6) is -5.52. The minimum Gasteiger partial charge on any atom is -0.481 e. The van der Waals surface area contributed by atoms with Gasteiger partial charge in [-0.25, -0.2) is 14.4 Å². The molecule has 136 valence electrons. The van der Waals surface area contributed by atoms with Crippen LogP contribution in [0.3, 0.4) is 0 Å². The largest absolute Gasteiger partial charge is 0.481 e. The maximum atomic E-state index is 11.9. The molecule has 0 fully saturated rings. The summed E-state index contributed by atoms with van der Waals surface area (Å²) in [5.41, 5.74) is -3.87. The number of aliphatic carboxylic acids is 4. The van der Waals surface area contributed by atoms with Crippen molar-refractivity contribution < 1.29 is 44.4 Å². The highest BCUT2D eigenvalue weighted by molar-refractivity contribution is 5.90. The quantitative estimate of drug-likeness (QED) is 0.307. The lowest BCUT2D eigenvalue weighted by atomic mass is 9.94. The van der Waals surface area contributed by atoms with Crippen LogP contribution in [0.4, 0.5) is 4.79 Å². The summed E-state index contributed by atoms with van der Waals surface area (Å²) in [5, 5.41) is 39.6. The molecular weight excluding hydrogens is 328 g/mol. The van der Waals surface area contributed by atoms with E-state index in [2.05, 4.69) is 0 Å². The van der Waals surface area contributed by atoms with Gasteiger partial charge >= 0.3 is 29.9 Å². The lowest BCUT2D eigenvalue weighted by molar-refractivity contribution is -0.145. The Labute approximate surface area is 136 Å². The minimum atomic E-state index is -1.94. The Hall–Kier alpha value is -2.85. The fourth-order valence-corrected chi connectivity index (χ4v) is 1.69. The van der Waals surface area contributed by atoms with E-state index in [1.165, 1.54) is 0 Å². The van der Waals surface area contributed by atoms with Crippen LogP contribution in [0.1, 0.15) is 39.5 Å². The van der Waals surface area contributed by atoms with E-state index in [1.54, 1.807) is 0 Å². The number of carboxylic acids is 4. The summed E-state index contributed by atoms with van der Waals surface area (Å²) in [7, 11) is 0. The number of hydrogen-bond donors (Lipinski definition) is 6. The lowest BCUT2D eigenvalue weighted by Crippen LogP contribution is -2.61. The fraction of sp³-hybridized carbons (Fsp3) is 0.615. The Morgan fingerprint density at radius 3 is 1.21 bits per heavy atom. The number of carbonyl (C=O) groups is 5. The molecule has 0 aliphatic heterocycles. The average Bonchev–Trinajstić information content (AvgIpc) is 2.42. The van der Waals surface area contributed by atoms with Crippen molar-refractivity contribution >= 4 is 29.9 Å². The lowest BCUT2D eigenvalue weighted by Gasteiger charge is -2.30. The first kappa shape index (κ1) is 21.1. The third kappa shape index (κ3) is 6.50. The smallest absolute Gasteiger partial charge is 0.329 e. The molecule has 0 saturated carbocycles. The first-order valence-electron chi connectivity index (χ1n) is 6.83. The average molecular weight is 348 g/mol. The monoisotopic (exact) mass is 348 g/mol. The van der Waals surface area contributed by atoms with Crippen molar-refractivity contribution in [2.45, 2.75) is 50.6 Å². The molecule has 2 atom stereocenters. The van der Waals surface area contributed by atoms with Gasteiger partial charge in [-0.3, -0.25) is 9.59 Å². The van der Waals surface area contributed by atoms with E-state index < -0.39 is 66.7 Å². The van der Waals surface area contributed by atoms with Gasteiger partial charge < -0.3 is 31.1 Å². The Balaban J connectivity index is 5.09. The van der Waals surface area contributed by atoms with Gasteiger partial charge in [0.2, 0.25) is 0 Å². The summed E-state index contributed by atoms with van der Waals surface area (Å²) in [6, 6.07) is -1.17. The third-order valence-electron chi connectivity index (χ3n) is 3.40. The van der Waals surface area contributed by atoms with Crippen LogP contribution in [-0.4, -0.2) is 61.4 Å². The molecule has 11 heteroatoms. The van der Waals surface area contributed by atoms with Crippen molar-refractivity contribution in [3.05, 3.63) is 0 Å². The second-order valence-electron chi connectivity index (χ2n) is 5.64. The van der Waals surface area contributed by atoms with Gasteiger partial charge in [-0.05, 0) is 26.7 Å². The molecule has 0 aliphatic rings. The van der Waals surface area contributed by atoms with Crippen LogP contribution in [0, 0.1) is 0 Å². The van der Waals surface area contributed by atoms with Crippen LogP contribution in [0.25, 0.3) is 0 Å². The Kier molecular flexibility index (Phi) is 7.16. The summed E-state index contributed by atoms with van der Waals surface area (Å²) in [6.45, 7) is 2.15. The summed E-state index contributed by atoms with van der Waals surface area (Å²) in [4.78, 5) is 55.6. The van der Waals surface area contributed by atoms with E-state index in [4.69, 9.17) is 20.4 Å². The fourth-order valence-electron chi connectivity index (χ4n) is 1.69. The van der Waals surface area contributed by atoms with Gasteiger partial charge in [-0.2, -0.15) is 0 Å². The highest BCUT2D eigenvalue weighted by atomic mass is 16.4. The molecular formula is C13H20N2O9. The molecule has 24 heavy (non-hydrogen) atoms. The first-order chi connectivity index (χ1) is 10.8. The second-order valence-corrected chi connectivity index (χ2v) is 5.64. The predicted molar refractivity (Wildman–Crippen MR) is 77.5 cm³/mol. The maximum absolute atomic E-state index is 11.9. The van der Waals surface area contributed by atoms with Crippen molar-refractivity contribution in [2.75, 3.05) is 0 Å². The normalized spacial score (nSPS) is 15.4. The number of carboxylic acid groups (broad SMARTS) is 4. The Morgan fingerprint density at radius 1 is 0.708 bits per heavy atom. The van der Waals surface area contributed by atoms with E-state index in [-0.39, 0.29) is 0 Å². The molecule has 0 rings (SSSR count). The van der Waals surface area contributed by atoms with Crippen LogP contribution in [0.15, 0.2) is 0 Å². The Morgan fingerprint density at radius 2 is 1.00 bits per heavy atom. The van der Waals surface area contributed by atoms with Crippen molar-refractivity contribution in [1.29, 1.82) is 0 Å². The topological polar surface area (TPSA) is 190 Å². The molecule has 0 aromatic rings. The maximum Gasteiger partial charge on any atom is 0.329 e. The van der Waals surface area contributed by atoms with Crippen molar-refractivity contribution in [1.82, 2.24) is 10.6 Å². The molecule has 2 amide bonds. The van der Waals surface area contributed by atoms with E-state index in [0.29, 0.717) is 0 Å². The SMILES string of the molecule is CC(CCC(=O)O)(NC(=O)NC(C)(CCC(=O)O)C(=O)O)C(=O)O. The number of nitrogens with one attached hydrogen (secondary N) is 2. The zero-order valence-electron chi connectivity index (χ0n) is 13.2. The summed E-state index contributed by atoms with van der Waals surface area (Å²) >= 11 is 0. The molecule has 0 aromatic heterocycles. The molecule has 11 nitrogen and oxygen atoms in total. The molecule has 0 saturated heterocycles. The van der Waals surface area contributed by atoms with Crippen LogP contribution in [0.5, 0.6) is 0 Å². The molecule has 0 bridgehead atoms. The second kappa shape index (κ2) is 8.13. The highest BCUT2D eigenvalue weighted by Crippen LogP contribution is 2.16. The van der Waals surface area contributed by atoms with Crippen molar-refractivity contribution in [3.63, 3.8) is 0 Å². The molecule has 0 spiro atoms. The van der Waals surface area contributed by atoms with Gasteiger partial charge in [0.25, 0.3) is 0 Å². The van der Waals surface area contributed by atoms with E-state index in [9.17, 15) is 24.0 Å². The van der Waals surface area contributed by atoms with E-state index in [1.807, 2.05) is 10.6 Å². The number of rotatable bonds is 10. The van der Waals surface area contributed by atoms with Gasteiger partial charge in [0.15, 0.2) is 0 Å². The third-order valence-corrected chi connectivity index (χ3v) is 3.40. The summed E-state index contributed by atoms with van der Waals surface area (Å²) in [6.07, 6.45) is -1.91. The number of hydrogen-bond acceptors (Lipinski definition) is 5. The molecule has 6 N–H and O–H groups in total. The van der Waals surface area contributed by atoms with Gasteiger partial charge in [-0.15, -0.1) is 0 Å². The van der Waals surface area contributed by atoms with Crippen molar-refractivity contribution in [2.24, 2.45) is 0 Å². The van der Waals surface area contributed by atoms with Gasteiger partial charge in [-0.1, -0.05) is 0 Å². The molecule has 0 aromatic carbocycles. The minimum absolute atomic E-state index is 0.427. The van der Waals surface area contributed by atoms with Gasteiger partial charge in [0.05, 0.1) is 0 Å². The zero-order valence-corrected chi connectivity index (χ0v) is 13.2. The zero-order chi connectivity index (χ0) is 19.1. The van der Waals surface area contributed by atoms with Gasteiger partial charge in [0, 0.05) is 12.8 Å². The molecule has 0 aliphatic carbocycles. The highest BCUT2D eigenvalue weighted by Gasteiger charge is 2.39. The van der Waals surface area contributed by atoms with E-state index in [0.717, 1.165) is 13.8 Å². The standard InChI is InChI=1S/C13H20N2O9/c1-12(9(20)21,5-3-7(16)17)14-11(24)15-13(2,10(22)23)6-4-8(18)19/h3-6H2,1-2H3,(H,16,17)(H,18,19)(H,20,21)(H,22,23)(H2,14,15,24). The number of urea groups is 1. The molecule has 0 heterocycles. The summed E-state index contributed by atoms with van der Waals surface area (Å²) < 4.78 is 0.